The van der Waals surface area contributed by atoms with Crippen LogP contribution in [0.15, 0.2) is 11.6 Å². The monoisotopic (exact) mass is 407 g/mol. The highest BCUT2D eigenvalue weighted by molar-refractivity contribution is 5.86. The third kappa shape index (κ3) is 4.26. The Kier molecular flexibility index (Phi) is 6.79. The lowest BCUT2D eigenvalue weighted by Crippen LogP contribution is -2.57. The van der Waals surface area contributed by atoms with Crippen molar-refractivity contribution in [1.29, 1.82) is 0 Å². The number of esters is 2. The minimum Gasteiger partial charge on any atom is -0.469 e. The van der Waals surface area contributed by atoms with Crippen LogP contribution in [0.2, 0.25) is 0 Å². The standard InChI is InChI=1S/C22H33NO6/c1-22-7-6-17(24)20(21(27)28-3)16(22)12-18(25)14-10-13(4-5-15(14)22)11-19(26)29-9-8-23-2/h11,14-17,20,23-24H,4-10,12H2,1-3H3/b13-11+/t14-,15?,16?,17?,20?,22?/m0/s1. The molecular formula is C22H33NO6. The molecule has 3 fully saturated rings. The van der Waals surface area contributed by atoms with Gasteiger partial charge in [-0.3, -0.25) is 9.59 Å². The molecule has 0 aromatic rings. The summed E-state index contributed by atoms with van der Waals surface area (Å²) in [5.41, 5.74) is 0.784. The Hall–Kier alpha value is -1.73. The Labute approximate surface area is 172 Å². The largest absolute Gasteiger partial charge is 0.469 e. The summed E-state index contributed by atoms with van der Waals surface area (Å²) in [5, 5.41) is 13.4. The lowest BCUT2D eigenvalue weighted by atomic mass is 9.46. The summed E-state index contributed by atoms with van der Waals surface area (Å²) < 4.78 is 10.1. The van der Waals surface area contributed by atoms with Crippen molar-refractivity contribution in [2.24, 2.45) is 29.1 Å². The molecule has 0 aliphatic heterocycles. The molecule has 3 saturated carbocycles. The molecule has 3 aliphatic carbocycles. The van der Waals surface area contributed by atoms with Gasteiger partial charge in [-0.05, 0) is 56.4 Å². The molecule has 29 heavy (non-hydrogen) atoms. The number of hydrogen-bond donors (Lipinski definition) is 2. The number of carbonyl (C=O) groups excluding carboxylic acids is 3. The van der Waals surface area contributed by atoms with Gasteiger partial charge in [-0.25, -0.2) is 4.79 Å². The van der Waals surface area contributed by atoms with Crippen molar-refractivity contribution >= 4 is 17.7 Å². The third-order valence-electron chi connectivity index (χ3n) is 7.49. The fourth-order valence-electron chi connectivity index (χ4n) is 5.94. The van der Waals surface area contributed by atoms with E-state index in [1.54, 1.807) is 13.1 Å². The Bertz CT molecular complexity index is 689. The summed E-state index contributed by atoms with van der Waals surface area (Å²) in [7, 11) is 3.13. The number of aliphatic hydroxyl groups excluding tert-OH is 1. The van der Waals surface area contributed by atoms with Crippen molar-refractivity contribution in [1.82, 2.24) is 5.32 Å². The molecule has 0 aromatic carbocycles. The van der Waals surface area contributed by atoms with Gasteiger partial charge >= 0.3 is 11.9 Å². The molecule has 6 atom stereocenters. The summed E-state index contributed by atoms with van der Waals surface area (Å²) in [6.45, 7) is 3.09. The van der Waals surface area contributed by atoms with E-state index < -0.39 is 18.0 Å². The van der Waals surface area contributed by atoms with Gasteiger partial charge in [0.15, 0.2) is 0 Å². The van der Waals surface area contributed by atoms with Crippen LogP contribution in [0.1, 0.15) is 45.4 Å². The molecule has 0 spiro atoms. The van der Waals surface area contributed by atoms with Gasteiger partial charge in [-0.15, -0.1) is 0 Å². The van der Waals surface area contributed by atoms with Crippen LogP contribution >= 0.6 is 0 Å². The second-order valence-corrected chi connectivity index (χ2v) is 8.97. The fraction of sp³-hybridized carbons (Fsp3) is 0.773. The molecule has 2 N–H and O–H groups in total. The molecule has 0 radical (unpaired) electrons. The van der Waals surface area contributed by atoms with Crippen LogP contribution < -0.4 is 5.32 Å². The van der Waals surface area contributed by atoms with E-state index in [2.05, 4.69) is 12.2 Å². The van der Waals surface area contributed by atoms with Crippen LogP contribution in [0.4, 0.5) is 0 Å². The molecular weight excluding hydrogens is 374 g/mol. The van der Waals surface area contributed by atoms with Crippen molar-refractivity contribution in [3.05, 3.63) is 11.6 Å². The molecule has 0 saturated heterocycles. The summed E-state index contributed by atoms with van der Waals surface area (Å²) >= 11 is 0. The summed E-state index contributed by atoms with van der Waals surface area (Å²) in [5.74, 6) is -1.43. The molecule has 3 aliphatic rings. The number of methoxy groups -OCH3 is 1. The molecule has 0 aromatic heterocycles. The molecule has 7 heteroatoms. The first kappa shape index (κ1) is 22.0. The van der Waals surface area contributed by atoms with Gasteiger partial charge < -0.3 is 19.9 Å². The molecule has 0 amide bonds. The highest BCUT2D eigenvalue weighted by Gasteiger charge is 2.59. The van der Waals surface area contributed by atoms with Gasteiger partial charge in [-0.1, -0.05) is 12.5 Å². The van der Waals surface area contributed by atoms with Crippen molar-refractivity contribution in [3.63, 3.8) is 0 Å². The maximum atomic E-state index is 13.0. The zero-order valence-electron chi connectivity index (χ0n) is 17.6. The normalized spacial score (nSPS) is 38.1. The van der Waals surface area contributed by atoms with E-state index in [-0.39, 0.29) is 41.3 Å². The number of fused-ring (bicyclic) bond motifs is 3. The van der Waals surface area contributed by atoms with Gasteiger partial charge in [-0.2, -0.15) is 0 Å². The number of rotatable bonds is 5. The number of hydrogen-bond acceptors (Lipinski definition) is 7. The van der Waals surface area contributed by atoms with Crippen molar-refractivity contribution < 1.29 is 29.0 Å². The van der Waals surface area contributed by atoms with Crippen LogP contribution in [0.5, 0.6) is 0 Å². The van der Waals surface area contributed by atoms with Gasteiger partial charge in [0.05, 0.1) is 19.1 Å². The SMILES string of the molecule is CNCCOC(=O)/C=C1\CCC2[C@H](C1)C(=O)CC1C(C(=O)OC)C(O)CCC12C. The van der Waals surface area contributed by atoms with E-state index in [9.17, 15) is 19.5 Å². The summed E-state index contributed by atoms with van der Waals surface area (Å²) in [6, 6.07) is 0. The highest BCUT2D eigenvalue weighted by Crippen LogP contribution is 2.60. The van der Waals surface area contributed by atoms with Gasteiger partial charge in [0.2, 0.25) is 0 Å². The van der Waals surface area contributed by atoms with Crippen LogP contribution in [0, 0.1) is 29.1 Å². The second-order valence-electron chi connectivity index (χ2n) is 8.97. The number of carbonyl (C=O) groups is 3. The second kappa shape index (κ2) is 8.96. The van der Waals surface area contributed by atoms with Crippen molar-refractivity contribution in [2.45, 2.75) is 51.6 Å². The quantitative estimate of drug-likeness (QED) is 0.406. The van der Waals surface area contributed by atoms with Crippen molar-refractivity contribution in [2.75, 3.05) is 27.3 Å². The zero-order valence-corrected chi connectivity index (χ0v) is 17.6. The first-order chi connectivity index (χ1) is 13.8. The van der Waals surface area contributed by atoms with Gasteiger partial charge in [0.25, 0.3) is 0 Å². The van der Waals surface area contributed by atoms with E-state index in [1.165, 1.54) is 7.11 Å². The minimum atomic E-state index is -0.753. The van der Waals surface area contributed by atoms with Crippen LogP contribution in [-0.2, 0) is 23.9 Å². The topological polar surface area (TPSA) is 102 Å². The Balaban J connectivity index is 1.76. The molecule has 5 unspecified atom stereocenters. The predicted molar refractivity (Wildman–Crippen MR) is 106 cm³/mol. The van der Waals surface area contributed by atoms with E-state index in [0.717, 1.165) is 24.8 Å². The van der Waals surface area contributed by atoms with Crippen LogP contribution in [0.25, 0.3) is 0 Å². The molecule has 162 valence electrons. The molecule has 3 rings (SSSR count). The fourth-order valence-corrected chi connectivity index (χ4v) is 5.94. The number of allylic oxidation sites excluding steroid dienone is 1. The lowest BCUT2D eigenvalue weighted by molar-refractivity contribution is -0.173. The van der Waals surface area contributed by atoms with Gasteiger partial charge in [0, 0.05) is 25.0 Å². The van der Waals surface area contributed by atoms with Gasteiger partial charge in [0.1, 0.15) is 12.4 Å². The van der Waals surface area contributed by atoms with Crippen molar-refractivity contribution in [3.8, 4) is 0 Å². The average molecular weight is 408 g/mol. The summed E-state index contributed by atoms with van der Waals surface area (Å²) in [4.78, 5) is 37.4. The summed E-state index contributed by atoms with van der Waals surface area (Å²) in [6.07, 6.45) is 4.57. The molecule has 7 nitrogen and oxygen atoms in total. The lowest BCUT2D eigenvalue weighted by Gasteiger charge is -2.57. The molecule has 0 bridgehead atoms. The maximum Gasteiger partial charge on any atom is 0.330 e. The average Bonchev–Trinajstić information content (AvgIpc) is 2.70. The minimum absolute atomic E-state index is 0.130. The number of Topliss-reactive ketones (excluding diaryl/α,β-unsaturated/α-hetero) is 1. The third-order valence-corrected chi connectivity index (χ3v) is 7.49. The number of likely N-dealkylation sites (N-methyl/N-ethyl adjacent to an activating group) is 1. The highest BCUT2D eigenvalue weighted by atomic mass is 16.5. The van der Waals surface area contributed by atoms with E-state index in [4.69, 9.17) is 9.47 Å². The Morgan fingerprint density at radius 3 is 2.72 bits per heavy atom. The number of ether oxygens (including phenoxy) is 2. The zero-order chi connectivity index (χ0) is 21.2. The maximum absolute atomic E-state index is 13.0. The number of aliphatic hydroxyl groups is 1. The van der Waals surface area contributed by atoms with E-state index in [0.29, 0.717) is 26.0 Å². The van der Waals surface area contributed by atoms with E-state index >= 15 is 0 Å². The smallest absolute Gasteiger partial charge is 0.330 e. The van der Waals surface area contributed by atoms with Crippen LogP contribution in [-0.4, -0.2) is 56.2 Å². The molecule has 0 heterocycles. The predicted octanol–water partition coefficient (Wildman–Crippen LogP) is 1.63. The van der Waals surface area contributed by atoms with E-state index in [1.807, 2.05) is 0 Å². The first-order valence-corrected chi connectivity index (χ1v) is 10.6. The Morgan fingerprint density at radius 1 is 1.28 bits per heavy atom. The number of nitrogens with one attached hydrogen (secondary N) is 1. The Morgan fingerprint density at radius 2 is 2.03 bits per heavy atom. The van der Waals surface area contributed by atoms with Crippen LogP contribution in [0.3, 0.4) is 0 Å². The first-order valence-electron chi connectivity index (χ1n) is 10.6. The number of ketones is 1.